The number of hydrogen-bond acceptors (Lipinski definition) is 6. The number of amides is 2. The number of hydrogen-bond donors (Lipinski definition) is 2. The van der Waals surface area contributed by atoms with Gasteiger partial charge in [-0.2, -0.15) is 0 Å². The molecule has 0 unspecified atom stereocenters. The first kappa shape index (κ1) is 25.1. The maximum absolute atomic E-state index is 12.1. The first-order valence-electron chi connectivity index (χ1n) is 11.0. The van der Waals surface area contributed by atoms with Crippen molar-refractivity contribution < 1.29 is 14.3 Å². The van der Waals surface area contributed by atoms with Gasteiger partial charge in [0.15, 0.2) is 0 Å². The van der Waals surface area contributed by atoms with Crippen LogP contribution in [0.25, 0.3) is 11.3 Å². The number of ether oxygens (including phenoxy) is 1. The molecule has 0 radical (unpaired) electrons. The molecule has 2 heterocycles. The SMILES string of the molecule is CCC(=O)N[C@H]1CN(C(=O)OC)C[C@H]1Nc1nc(CC)c(-c2ccc(Cl)cc2Cl)nc1CC. The van der Waals surface area contributed by atoms with E-state index in [1.165, 1.54) is 7.11 Å². The van der Waals surface area contributed by atoms with Crippen LogP contribution < -0.4 is 10.6 Å². The highest BCUT2D eigenvalue weighted by molar-refractivity contribution is 6.36. The zero-order valence-electron chi connectivity index (χ0n) is 19.2. The van der Waals surface area contributed by atoms with Crippen molar-refractivity contribution in [2.24, 2.45) is 0 Å². The van der Waals surface area contributed by atoms with Gasteiger partial charge in [-0.3, -0.25) is 4.79 Å². The number of aromatic nitrogens is 2. The van der Waals surface area contributed by atoms with Gasteiger partial charge in [0.2, 0.25) is 5.91 Å². The van der Waals surface area contributed by atoms with Gasteiger partial charge in [-0.05, 0) is 31.0 Å². The van der Waals surface area contributed by atoms with Crippen molar-refractivity contribution in [1.82, 2.24) is 20.2 Å². The maximum atomic E-state index is 12.1. The van der Waals surface area contributed by atoms with E-state index in [4.69, 9.17) is 37.9 Å². The van der Waals surface area contributed by atoms with Crippen LogP contribution in [-0.4, -0.2) is 59.2 Å². The van der Waals surface area contributed by atoms with Gasteiger partial charge in [0.25, 0.3) is 0 Å². The number of carbonyl (C=O) groups excluding carboxylic acids is 2. The Balaban J connectivity index is 1.95. The summed E-state index contributed by atoms with van der Waals surface area (Å²) in [5.41, 5.74) is 3.05. The van der Waals surface area contributed by atoms with Gasteiger partial charge in [-0.1, -0.05) is 44.0 Å². The molecule has 1 fully saturated rings. The fraction of sp³-hybridized carbons (Fsp3) is 0.478. The second kappa shape index (κ2) is 11.0. The predicted octanol–water partition coefficient (Wildman–Crippen LogP) is 4.33. The minimum absolute atomic E-state index is 0.0812. The molecule has 1 aromatic carbocycles. The van der Waals surface area contributed by atoms with Crippen molar-refractivity contribution in [3.8, 4) is 11.3 Å². The molecule has 0 bridgehead atoms. The summed E-state index contributed by atoms with van der Waals surface area (Å²) < 4.78 is 4.87. The molecule has 3 rings (SSSR count). The zero-order chi connectivity index (χ0) is 24.1. The van der Waals surface area contributed by atoms with Gasteiger partial charge in [0, 0.05) is 30.1 Å². The normalized spacial score (nSPS) is 17.7. The van der Waals surface area contributed by atoms with Crippen LogP contribution >= 0.6 is 23.2 Å². The summed E-state index contributed by atoms with van der Waals surface area (Å²) >= 11 is 12.5. The topological polar surface area (TPSA) is 96.5 Å². The number of rotatable bonds is 7. The van der Waals surface area contributed by atoms with Crippen LogP contribution in [0.1, 0.15) is 38.6 Å². The van der Waals surface area contributed by atoms with Crippen molar-refractivity contribution in [2.75, 3.05) is 25.5 Å². The molecular weight excluding hydrogens is 465 g/mol. The Morgan fingerprint density at radius 1 is 1.09 bits per heavy atom. The van der Waals surface area contributed by atoms with E-state index in [0.29, 0.717) is 48.2 Å². The number of methoxy groups -OCH3 is 1. The number of carbonyl (C=O) groups is 2. The van der Waals surface area contributed by atoms with E-state index in [0.717, 1.165) is 22.6 Å². The summed E-state index contributed by atoms with van der Waals surface area (Å²) in [6, 6.07) is 4.80. The Bertz CT molecular complexity index is 1030. The Morgan fingerprint density at radius 2 is 1.79 bits per heavy atom. The van der Waals surface area contributed by atoms with E-state index in [1.807, 2.05) is 19.9 Å². The number of aryl methyl sites for hydroxylation is 2. The molecule has 178 valence electrons. The lowest BCUT2D eigenvalue weighted by Crippen LogP contribution is -2.46. The largest absolute Gasteiger partial charge is 0.453 e. The van der Waals surface area contributed by atoms with E-state index in [-0.39, 0.29) is 18.0 Å². The second-order valence-electron chi connectivity index (χ2n) is 7.80. The molecule has 0 saturated carbocycles. The van der Waals surface area contributed by atoms with E-state index in [2.05, 4.69) is 10.6 Å². The summed E-state index contributed by atoms with van der Waals surface area (Å²) in [5, 5.41) is 7.50. The first-order chi connectivity index (χ1) is 15.8. The average Bonchev–Trinajstić information content (AvgIpc) is 3.20. The highest BCUT2D eigenvalue weighted by Crippen LogP contribution is 2.33. The first-order valence-corrected chi connectivity index (χ1v) is 11.8. The summed E-state index contributed by atoms with van der Waals surface area (Å²) in [5.74, 6) is 0.554. The lowest BCUT2D eigenvalue weighted by Gasteiger charge is -2.23. The third-order valence-electron chi connectivity index (χ3n) is 5.64. The maximum Gasteiger partial charge on any atom is 0.409 e. The van der Waals surface area contributed by atoms with Crippen molar-refractivity contribution in [2.45, 2.75) is 52.1 Å². The average molecular weight is 494 g/mol. The second-order valence-corrected chi connectivity index (χ2v) is 8.64. The predicted molar refractivity (Wildman–Crippen MR) is 130 cm³/mol. The number of likely N-dealkylation sites (tertiary alicyclic amines) is 1. The number of nitrogens with one attached hydrogen (secondary N) is 2. The molecule has 2 aromatic rings. The summed E-state index contributed by atoms with van der Waals surface area (Å²) in [4.78, 5) is 35.5. The monoisotopic (exact) mass is 493 g/mol. The third kappa shape index (κ3) is 5.68. The molecule has 1 aliphatic rings. The molecule has 1 saturated heterocycles. The smallest absolute Gasteiger partial charge is 0.409 e. The van der Waals surface area contributed by atoms with Gasteiger partial charge in [-0.15, -0.1) is 0 Å². The fourth-order valence-electron chi connectivity index (χ4n) is 3.87. The van der Waals surface area contributed by atoms with Gasteiger partial charge in [-0.25, -0.2) is 14.8 Å². The van der Waals surface area contributed by atoms with E-state index < -0.39 is 6.09 Å². The molecule has 2 atom stereocenters. The number of nitrogens with zero attached hydrogens (tertiary/aromatic N) is 3. The molecule has 1 aliphatic heterocycles. The Kier molecular flexibility index (Phi) is 8.37. The quantitative estimate of drug-likeness (QED) is 0.595. The van der Waals surface area contributed by atoms with Crippen LogP contribution in [0.3, 0.4) is 0 Å². The zero-order valence-corrected chi connectivity index (χ0v) is 20.8. The van der Waals surface area contributed by atoms with Crippen molar-refractivity contribution in [3.63, 3.8) is 0 Å². The number of benzene rings is 1. The van der Waals surface area contributed by atoms with Crippen LogP contribution in [0.15, 0.2) is 18.2 Å². The van der Waals surface area contributed by atoms with Gasteiger partial charge in [0.05, 0.1) is 41.3 Å². The molecule has 33 heavy (non-hydrogen) atoms. The van der Waals surface area contributed by atoms with Crippen LogP contribution in [0.2, 0.25) is 10.0 Å². The Morgan fingerprint density at radius 3 is 2.39 bits per heavy atom. The molecular formula is C23H29Cl2N5O3. The minimum Gasteiger partial charge on any atom is -0.453 e. The minimum atomic E-state index is -0.432. The number of halogens is 2. The summed E-state index contributed by atoms with van der Waals surface area (Å²) in [6.45, 7) is 6.52. The molecule has 10 heteroatoms. The standard InChI is InChI=1S/C23H29Cl2N5O3/c1-5-16-21(14-9-8-13(24)10-15(14)25)27-17(6-2)22(28-16)29-19-12-30(23(32)33-4)11-18(19)26-20(31)7-3/h8-10,18-19H,5-7,11-12H2,1-4H3,(H,26,31)(H,28,29)/t18-,19+/m0/s1. The van der Waals surface area contributed by atoms with Gasteiger partial charge >= 0.3 is 6.09 Å². The van der Waals surface area contributed by atoms with Crippen LogP contribution in [0.5, 0.6) is 0 Å². The Labute approximate surface area is 204 Å². The van der Waals surface area contributed by atoms with Crippen molar-refractivity contribution in [1.29, 1.82) is 0 Å². The molecule has 2 N–H and O–H groups in total. The fourth-order valence-corrected chi connectivity index (χ4v) is 4.37. The van der Waals surface area contributed by atoms with E-state index in [9.17, 15) is 9.59 Å². The highest BCUT2D eigenvalue weighted by atomic mass is 35.5. The highest BCUT2D eigenvalue weighted by Gasteiger charge is 2.37. The molecule has 0 spiro atoms. The molecule has 2 amide bonds. The van der Waals surface area contributed by atoms with Crippen LogP contribution in [0.4, 0.5) is 10.6 Å². The van der Waals surface area contributed by atoms with E-state index in [1.54, 1.807) is 24.0 Å². The summed E-state index contributed by atoms with van der Waals surface area (Å²) in [6.07, 6.45) is 1.21. The number of anilines is 1. The van der Waals surface area contributed by atoms with Gasteiger partial charge in [0.1, 0.15) is 5.82 Å². The van der Waals surface area contributed by atoms with Gasteiger partial charge < -0.3 is 20.3 Å². The lowest BCUT2D eigenvalue weighted by atomic mass is 10.1. The lowest BCUT2D eigenvalue weighted by molar-refractivity contribution is -0.121. The molecule has 8 nitrogen and oxygen atoms in total. The van der Waals surface area contributed by atoms with E-state index >= 15 is 0 Å². The Hall–Kier alpha value is -2.58. The molecule has 1 aromatic heterocycles. The summed E-state index contributed by atoms with van der Waals surface area (Å²) in [7, 11) is 1.34. The van der Waals surface area contributed by atoms with Crippen molar-refractivity contribution in [3.05, 3.63) is 39.6 Å². The van der Waals surface area contributed by atoms with Crippen molar-refractivity contribution >= 4 is 41.0 Å². The van der Waals surface area contributed by atoms with Crippen LogP contribution in [0, 0.1) is 0 Å². The third-order valence-corrected chi connectivity index (χ3v) is 6.19. The molecule has 0 aliphatic carbocycles. The van der Waals surface area contributed by atoms with Crippen LogP contribution in [-0.2, 0) is 22.4 Å².